The molecule has 2 heterocycles. The maximum atomic E-state index is 11.8. The van der Waals surface area contributed by atoms with Gasteiger partial charge in [0, 0.05) is 6.54 Å². The number of piperidine rings is 1. The highest BCUT2D eigenvalue weighted by molar-refractivity contribution is 7.89. The largest absolute Gasteiger partial charge is 0.486 e. The summed E-state index contributed by atoms with van der Waals surface area (Å²) in [6.07, 6.45) is 3.64. The molecule has 0 saturated carbocycles. The summed E-state index contributed by atoms with van der Waals surface area (Å²) in [7, 11) is -3.83. The van der Waals surface area contributed by atoms with Crippen LogP contribution in [0.3, 0.4) is 0 Å². The summed E-state index contributed by atoms with van der Waals surface area (Å²) in [5, 5.41) is 5.31. The van der Waals surface area contributed by atoms with Gasteiger partial charge in [0.15, 0.2) is 11.5 Å². The van der Waals surface area contributed by atoms with Crippen LogP contribution in [0.1, 0.15) is 24.8 Å². The fourth-order valence-electron chi connectivity index (χ4n) is 2.85. The van der Waals surface area contributed by atoms with Gasteiger partial charge in [-0.05, 0) is 43.6 Å². The summed E-state index contributed by atoms with van der Waals surface area (Å²) >= 11 is 0. The molecule has 0 radical (unpaired) electrons. The second kappa shape index (κ2) is 5.82. The smallest absolute Gasteiger partial charge is 0.241 e. The molecule has 3 rings (SSSR count). The molecule has 2 aliphatic rings. The number of nitrogens with zero attached hydrogens (tertiary/aromatic N) is 1. The van der Waals surface area contributed by atoms with Crippen LogP contribution in [0.25, 0.3) is 0 Å². The van der Waals surface area contributed by atoms with Crippen molar-refractivity contribution >= 4 is 10.0 Å². The van der Waals surface area contributed by atoms with Crippen LogP contribution in [0, 0.1) is 0 Å². The van der Waals surface area contributed by atoms with E-state index in [1.807, 2.05) is 6.07 Å². The van der Waals surface area contributed by atoms with Gasteiger partial charge in [0.05, 0.1) is 0 Å². The summed E-state index contributed by atoms with van der Waals surface area (Å²) in [5.74, 6) is 0.714. The SMILES string of the molecule is NS(=O)(=O)c1cc(CN2CCCCC2)cc2c1OCCO2. The Balaban J connectivity index is 1.94. The van der Waals surface area contributed by atoms with Crippen LogP contribution in [-0.4, -0.2) is 39.6 Å². The van der Waals surface area contributed by atoms with Crippen molar-refractivity contribution in [1.82, 2.24) is 4.90 Å². The van der Waals surface area contributed by atoms with E-state index < -0.39 is 10.0 Å². The number of rotatable bonds is 3. The molecule has 0 atom stereocenters. The molecular formula is C14H20N2O4S. The van der Waals surface area contributed by atoms with Gasteiger partial charge in [0.1, 0.15) is 18.1 Å². The van der Waals surface area contributed by atoms with Crippen molar-refractivity contribution in [1.29, 1.82) is 0 Å². The fraction of sp³-hybridized carbons (Fsp3) is 0.571. The Kier molecular flexibility index (Phi) is 4.05. The van der Waals surface area contributed by atoms with E-state index in [1.54, 1.807) is 6.07 Å². The predicted molar refractivity (Wildman–Crippen MR) is 77.9 cm³/mol. The average Bonchev–Trinajstić information content (AvgIpc) is 2.46. The second-order valence-electron chi connectivity index (χ2n) is 5.50. The standard InChI is InChI=1S/C14H20N2O4S/c15-21(17,18)13-9-11(10-16-4-2-1-3-5-16)8-12-14(13)20-7-6-19-12/h8-9H,1-7,10H2,(H2,15,17,18). The molecule has 1 fully saturated rings. The lowest BCUT2D eigenvalue weighted by atomic mass is 10.1. The van der Waals surface area contributed by atoms with Crippen LogP contribution in [0.5, 0.6) is 11.5 Å². The zero-order valence-electron chi connectivity index (χ0n) is 11.9. The van der Waals surface area contributed by atoms with Crippen LogP contribution < -0.4 is 14.6 Å². The first kappa shape index (κ1) is 14.6. The minimum absolute atomic E-state index is 0.0201. The van der Waals surface area contributed by atoms with E-state index >= 15 is 0 Å². The van der Waals surface area contributed by atoms with E-state index in [1.165, 1.54) is 19.3 Å². The monoisotopic (exact) mass is 312 g/mol. The highest BCUT2D eigenvalue weighted by Crippen LogP contribution is 2.37. The summed E-state index contributed by atoms with van der Waals surface area (Å²) < 4.78 is 34.5. The Morgan fingerprint density at radius 3 is 2.52 bits per heavy atom. The van der Waals surface area contributed by atoms with E-state index in [0.29, 0.717) is 25.5 Å². The number of fused-ring (bicyclic) bond motifs is 1. The molecular weight excluding hydrogens is 292 g/mol. The molecule has 0 bridgehead atoms. The summed E-state index contributed by atoms with van der Waals surface area (Å²) in [6.45, 7) is 3.54. The first-order chi connectivity index (χ1) is 10.0. The van der Waals surface area contributed by atoms with E-state index in [2.05, 4.69) is 4.90 Å². The summed E-state index contributed by atoms with van der Waals surface area (Å²) in [5.41, 5.74) is 0.894. The van der Waals surface area contributed by atoms with Crippen molar-refractivity contribution in [3.63, 3.8) is 0 Å². The number of hydrogen-bond acceptors (Lipinski definition) is 5. The van der Waals surface area contributed by atoms with Crippen LogP contribution in [0.2, 0.25) is 0 Å². The molecule has 0 spiro atoms. The molecule has 7 heteroatoms. The minimum atomic E-state index is -3.83. The van der Waals surface area contributed by atoms with Crippen LogP contribution in [-0.2, 0) is 16.6 Å². The molecule has 6 nitrogen and oxygen atoms in total. The number of nitrogens with two attached hydrogens (primary N) is 1. The molecule has 1 aromatic rings. The molecule has 21 heavy (non-hydrogen) atoms. The lowest BCUT2D eigenvalue weighted by Gasteiger charge is -2.27. The van der Waals surface area contributed by atoms with Gasteiger partial charge in [-0.3, -0.25) is 4.90 Å². The Labute approximate surface area is 124 Å². The number of primary sulfonamides is 1. The first-order valence-corrected chi connectivity index (χ1v) is 8.76. The Morgan fingerprint density at radius 1 is 1.10 bits per heavy atom. The van der Waals surface area contributed by atoms with E-state index in [0.717, 1.165) is 18.7 Å². The zero-order valence-corrected chi connectivity index (χ0v) is 12.7. The number of sulfonamides is 1. The van der Waals surface area contributed by atoms with E-state index in [-0.39, 0.29) is 10.6 Å². The topological polar surface area (TPSA) is 81.9 Å². The number of ether oxygens (including phenoxy) is 2. The minimum Gasteiger partial charge on any atom is -0.486 e. The number of likely N-dealkylation sites (tertiary alicyclic amines) is 1. The van der Waals surface area contributed by atoms with Gasteiger partial charge in [-0.1, -0.05) is 6.42 Å². The van der Waals surface area contributed by atoms with E-state index in [4.69, 9.17) is 14.6 Å². The number of hydrogen-bond donors (Lipinski definition) is 1. The molecule has 116 valence electrons. The van der Waals surface area contributed by atoms with E-state index in [9.17, 15) is 8.42 Å². The number of benzene rings is 1. The lowest BCUT2D eigenvalue weighted by Crippen LogP contribution is -2.29. The van der Waals surface area contributed by atoms with Gasteiger partial charge in [0.25, 0.3) is 0 Å². The van der Waals surface area contributed by atoms with Gasteiger partial charge in [-0.25, -0.2) is 13.6 Å². The Bertz CT molecular complexity index is 624. The van der Waals surface area contributed by atoms with Gasteiger partial charge >= 0.3 is 0 Å². The molecule has 0 aliphatic carbocycles. The van der Waals surface area contributed by atoms with Crippen molar-refractivity contribution in [3.05, 3.63) is 17.7 Å². The maximum Gasteiger partial charge on any atom is 0.241 e. The van der Waals surface area contributed by atoms with Crippen molar-refractivity contribution in [2.24, 2.45) is 5.14 Å². The quantitative estimate of drug-likeness (QED) is 0.903. The molecule has 1 aromatic carbocycles. The lowest BCUT2D eigenvalue weighted by molar-refractivity contribution is 0.166. The predicted octanol–water partition coefficient (Wildman–Crippen LogP) is 1.09. The first-order valence-electron chi connectivity index (χ1n) is 7.22. The third kappa shape index (κ3) is 3.30. The van der Waals surface area contributed by atoms with Gasteiger partial charge in [-0.15, -0.1) is 0 Å². The highest BCUT2D eigenvalue weighted by Gasteiger charge is 2.24. The molecule has 0 aromatic heterocycles. The zero-order chi connectivity index (χ0) is 14.9. The molecule has 1 saturated heterocycles. The average molecular weight is 312 g/mol. The normalized spacial score (nSPS) is 19.5. The summed E-state index contributed by atoms with van der Waals surface area (Å²) in [4.78, 5) is 2.34. The van der Waals surface area contributed by atoms with Crippen LogP contribution in [0.4, 0.5) is 0 Å². The van der Waals surface area contributed by atoms with Crippen LogP contribution >= 0.6 is 0 Å². The van der Waals surface area contributed by atoms with Gasteiger partial charge in [0.2, 0.25) is 10.0 Å². The summed E-state index contributed by atoms with van der Waals surface area (Å²) in [6, 6.07) is 3.47. The Morgan fingerprint density at radius 2 is 1.81 bits per heavy atom. The van der Waals surface area contributed by atoms with Gasteiger partial charge < -0.3 is 9.47 Å². The molecule has 0 amide bonds. The highest BCUT2D eigenvalue weighted by atomic mass is 32.2. The molecule has 2 N–H and O–H groups in total. The second-order valence-corrected chi connectivity index (χ2v) is 7.03. The van der Waals surface area contributed by atoms with Crippen molar-refractivity contribution in [2.75, 3.05) is 26.3 Å². The molecule has 0 unspecified atom stereocenters. The maximum absolute atomic E-state index is 11.8. The van der Waals surface area contributed by atoms with Gasteiger partial charge in [-0.2, -0.15) is 0 Å². The van der Waals surface area contributed by atoms with Crippen molar-refractivity contribution in [2.45, 2.75) is 30.7 Å². The molecule has 2 aliphatic heterocycles. The Hall–Kier alpha value is -1.31. The third-order valence-corrected chi connectivity index (χ3v) is 4.75. The third-order valence-electron chi connectivity index (χ3n) is 3.83. The van der Waals surface area contributed by atoms with Crippen molar-refractivity contribution < 1.29 is 17.9 Å². The van der Waals surface area contributed by atoms with Crippen LogP contribution in [0.15, 0.2) is 17.0 Å². The fourth-order valence-corrected chi connectivity index (χ4v) is 3.59. The van der Waals surface area contributed by atoms with Crippen molar-refractivity contribution in [3.8, 4) is 11.5 Å².